The lowest BCUT2D eigenvalue weighted by Crippen LogP contribution is -2.38. The number of nitrogens with one attached hydrogen (secondary N) is 1. The van der Waals surface area contributed by atoms with E-state index in [1.54, 1.807) is 0 Å². The standard InChI is InChI=1S/C12H21N3O3/c1-4-12-13-11(14-15(12)5-2)6-7-17-8-9-18-10(3)16/h4-9H2,1-3H3/p+1. The van der Waals surface area contributed by atoms with E-state index >= 15 is 0 Å². The molecule has 6 nitrogen and oxygen atoms in total. The van der Waals surface area contributed by atoms with Gasteiger partial charge in [-0.1, -0.05) is 6.92 Å². The van der Waals surface area contributed by atoms with Crippen LogP contribution in [-0.4, -0.2) is 35.9 Å². The second kappa shape index (κ2) is 7.81. The number of hydrogen-bond donors (Lipinski definition) is 1. The number of esters is 1. The zero-order chi connectivity index (χ0) is 13.4. The first-order chi connectivity index (χ1) is 8.67. The summed E-state index contributed by atoms with van der Waals surface area (Å²) >= 11 is 0. The van der Waals surface area contributed by atoms with Crippen LogP contribution >= 0.6 is 0 Å². The highest BCUT2D eigenvalue weighted by molar-refractivity contribution is 5.65. The van der Waals surface area contributed by atoms with Crippen molar-refractivity contribution in [1.29, 1.82) is 0 Å². The van der Waals surface area contributed by atoms with Crippen LogP contribution in [0.25, 0.3) is 0 Å². The molecule has 1 aromatic rings. The average Bonchev–Trinajstić information content (AvgIpc) is 2.75. The molecule has 1 heterocycles. The Morgan fingerprint density at radius 2 is 2.11 bits per heavy atom. The van der Waals surface area contributed by atoms with Gasteiger partial charge < -0.3 is 9.47 Å². The predicted molar refractivity (Wildman–Crippen MR) is 65.0 cm³/mol. The molecule has 0 fully saturated rings. The van der Waals surface area contributed by atoms with E-state index < -0.39 is 0 Å². The molecule has 0 amide bonds. The van der Waals surface area contributed by atoms with Gasteiger partial charge in [-0.25, -0.2) is 0 Å². The minimum absolute atomic E-state index is 0.277. The van der Waals surface area contributed by atoms with Gasteiger partial charge >= 0.3 is 11.8 Å². The number of H-pyrrole nitrogens is 1. The Hall–Kier alpha value is -1.43. The number of nitrogens with zero attached hydrogens (tertiary/aromatic N) is 2. The molecule has 18 heavy (non-hydrogen) atoms. The van der Waals surface area contributed by atoms with Crippen LogP contribution in [0.1, 0.15) is 32.4 Å². The summed E-state index contributed by atoms with van der Waals surface area (Å²) in [7, 11) is 0. The third-order valence-electron chi connectivity index (χ3n) is 2.49. The van der Waals surface area contributed by atoms with E-state index in [1.807, 2.05) is 4.68 Å². The van der Waals surface area contributed by atoms with Crippen molar-refractivity contribution in [2.45, 2.75) is 40.2 Å². The monoisotopic (exact) mass is 256 g/mol. The highest BCUT2D eigenvalue weighted by Gasteiger charge is 2.15. The number of carbonyl (C=O) groups excluding carboxylic acids is 1. The largest absolute Gasteiger partial charge is 0.463 e. The van der Waals surface area contributed by atoms with E-state index in [2.05, 4.69) is 23.9 Å². The Morgan fingerprint density at radius 1 is 1.33 bits per heavy atom. The van der Waals surface area contributed by atoms with Gasteiger partial charge in [0.1, 0.15) is 13.2 Å². The van der Waals surface area contributed by atoms with Crippen LogP contribution in [0.2, 0.25) is 0 Å². The van der Waals surface area contributed by atoms with Crippen molar-refractivity contribution in [3.8, 4) is 0 Å². The van der Waals surface area contributed by atoms with Crippen molar-refractivity contribution >= 4 is 5.97 Å². The lowest BCUT2D eigenvalue weighted by Gasteiger charge is -2.01. The maximum absolute atomic E-state index is 10.5. The van der Waals surface area contributed by atoms with Gasteiger partial charge in [-0.15, -0.1) is 0 Å². The Morgan fingerprint density at radius 3 is 2.67 bits per heavy atom. The molecule has 6 heteroatoms. The number of aryl methyl sites for hydroxylation is 2. The first kappa shape index (κ1) is 14.6. The maximum Gasteiger partial charge on any atom is 0.318 e. The molecular formula is C12H22N3O3+. The van der Waals surface area contributed by atoms with Crippen LogP contribution in [0.3, 0.4) is 0 Å². The SMILES string of the molecule is CCc1nc(CCOCCOC(C)=O)[nH][n+]1CC. The van der Waals surface area contributed by atoms with Crippen LogP contribution in [-0.2, 0) is 33.7 Å². The van der Waals surface area contributed by atoms with Gasteiger partial charge in [0.25, 0.3) is 5.82 Å². The number of aromatic amines is 1. The number of ether oxygens (including phenoxy) is 2. The van der Waals surface area contributed by atoms with Gasteiger partial charge in [-0.3, -0.25) is 4.79 Å². The van der Waals surface area contributed by atoms with Crippen molar-refractivity contribution in [3.05, 3.63) is 11.6 Å². The second-order valence-corrected chi connectivity index (χ2v) is 3.89. The summed E-state index contributed by atoms with van der Waals surface area (Å²) < 4.78 is 12.2. The lowest BCUT2D eigenvalue weighted by atomic mass is 10.4. The van der Waals surface area contributed by atoms with E-state index in [1.165, 1.54) is 6.92 Å². The molecule has 0 saturated heterocycles. The third kappa shape index (κ3) is 4.83. The number of aromatic nitrogens is 3. The number of carbonyl (C=O) groups is 1. The summed E-state index contributed by atoms with van der Waals surface area (Å²) in [5.74, 6) is 1.72. The average molecular weight is 256 g/mol. The van der Waals surface area contributed by atoms with E-state index in [0.29, 0.717) is 19.8 Å². The molecule has 1 N–H and O–H groups in total. The maximum atomic E-state index is 10.5. The van der Waals surface area contributed by atoms with Gasteiger partial charge in [0.05, 0.1) is 26.1 Å². The van der Waals surface area contributed by atoms with E-state index in [-0.39, 0.29) is 5.97 Å². The Kier molecular flexibility index (Phi) is 6.35. The molecule has 1 aromatic heterocycles. The smallest absolute Gasteiger partial charge is 0.318 e. The first-order valence-electron chi connectivity index (χ1n) is 6.36. The van der Waals surface area contributed by atoms with Gasteiger partial charge in [0.2, 0.25) is 0 Å². The first-order valence-corrected chi connectivity index (χ1v) is 6.36. The fourth-order valence-corrected chi connectivity index (χ4v) is 1.62. The second-order valence-electron chi connectivity index (χ2n) is 3.89. The third-order valence-corrected chi connectivity index (χ3v) is 2.49. The van der Waals surface area contributed by atoms with Gasteiger partial charge in [-0.2, -0.15) is 9.78 Å². The van der Waals surface area contributed by atoms with Gasteiger partial charge in [0.15, 0.2) is 0 Å². The molecule has 0 atom stereocenters. The molecule has 1 rings (SSSR count). The van der Waals surface area contributed by atoms with Crippen LogP contribution < -0.4 is 4.68 Å². The summed E-state index contributed by atoms with van der Waals surface area (Å²) in [5.41, 5.74) is 0. The number of hydrogen-bond acceptors (Lipinski definition) is 4. The summed E-state index contributed by atoms with van der Waals surface area (Å²) in [6, 6.07) is 0. The zero-order valence-corrected chi connectivity index (χ0v) is 11.4. The minimum atomic E-state index is -0.277. The summed E-state index contributed by atoms with van der Waals surface area (Å²) in [5, 5.41) is 3.23. The highest BCUT2D eigenvalue weighted by atomic mass is 16.6. The van der Waals surface area contributed by atoms with E-state index in [0.717, 1.165) is 31.0 Å². The fourth-order valence-electron chi connectivity index (χ4n) is 1.62. The molecule has 0 saturated carbocycles. The highest BCUT2D eigenvalue weighted by Crippen LogP contribution is 1.94. The molecule has 0 aliphatic heterocycles. The summed E-state index contributed by atoms with van der Waals surface area (Å²) in [6.45, 7) is 7.75. The van der Waals surface area contributed by atoms with Crippen molar-refractivity contribution in [2.75, 3.05) is 19.8 Å². The predicted octanol–water partition coefficient (Wildman–Crippen LogP) is 0.402. The van der Waals surface area contributed by atoms with Crippen molar-refractivity contribution in [1.82, 2.24) is 10.1 Å². The topological polar surface area (TPSA) is 68.1 Å². The van der Waals surface area contributed by atoms with Crippen LogP contribution in [0, 0.1) is 0 Å². The van der Waals surface area contributed by atoms with E-state index in [9.17, 15) is 4.79 Å². The molecule has 102 valence electrons. The Labute approximate surface area is 107 Å². The van der Waals surface area contributed by atoms with Crippen molar-refractivity contribution in [2.24, 2.45) is 0 Å². The summed E-state index contributed by atoms with van der Waals surface area (Å²) in [4.78, 5) is 15.0. The normalized spacial score (nSPS) is 10.6. The van der Waals surface area contributed by atoms with Crippen LogP contribution in [0.4, 0.5) is 0 Å². The molecule has 0 radical (unpaired) electrons. The van der Waals surface area contributed by atoms with Crippen LogP contribution in [0.15, 0.2) is 0 Å². The van der Waals surface area contributed by atoms with Crippen molar-refractivity contribution < 1.29 is 19.0 Å². The molecule has 0 unspecified atom stereocenters. The zero-order valence-electron chi connectivity index (χ0n) is 11.4. The molecule has 0 aromatic carbocycles. The quantitative estimate of drug-likeness (QED) is 0.415. The molecule has 0 aliphatic carbocycles. The summed E-state index contributed by atoms with van der Waals surface area (Å²) in [6.07, 6.45) is 1.65. The van der Waals surface area contributed by atoms with Gasteiger partial charge in [0, 0.05) is 6.92 Å². The molecule has 0 aliphatic rings. The molecule has 0 spiro atoms. The molecular weight excluding hydrogens is 234 g/mol. The van der Waals surface area contributed by atoms with Crippen LogP contribution in [0.5, 0.6) is 0 Å². The lowest BCUT2D eigenvalue weighted by molar-refractivity contribution is -0.755. The fraction of sp³-hybridized carbons (Fsp3) is 0.750. The minimum Gasteiger partial charge on any atom is -0.463 e. The van der Waals surface area contributed by atoms with Gasteiger partial charge in [-0.05, 0) is 11.9 Å². The van der Waals surface area contributed by atoms with E-state index in [4.69, 9.17) is 9.47 Å². The number of rotatable bonds is 8. The molecule has 0 bridgehead atoms. The Balaban J connectivity index is 2.23. The Bertz CT molecular complexity index is 355. The van der Waals surface area contributed by atoms with Crippen molar-refractivity contribution in [3.63, 3.8) is 0 Å².